The van der Waals surface area contributed by atoms with Crippen molar-refractivity contribution in [2.24, 2.45) is 5.92 Å². The summed E-state index contributed by atoms with van der Waals surface area (Å²) in [6.45, 7) is 4.85. The molecule has 3 heteroatoms. The minimum absolute atomic E-state index is 0.189. The third-order valence-corrected chi connectivity index (χ3v) is 19.3. The molecule has 0 saturated heterocycles. The van der Waals surface area contributed by atoms with Gasteiger partial charge in [0, 0.05) is 35.7 Å². The van der Waals surface area contributed by atoms with Gasteiger partial charge in [0.25, 0.3) is 0 Å². The SMILES string of the molecule is CC1C=CC2c3cccc(-c4cccc([Si](c5ccccc5)(c5ccccc5)c5cccc(-c6cccc7c6sc6ccccc67)c5)c4)c3SC2(C)C1. The molecule has 1 aromatic heterocycles. The normalized spacial score (nSPS) is 19.4. The molecule has 1 aliphatic carbocycles. The van der Waals surface area contributed by atoms with Gasteiger partial charge in [0.1, 0.15) is 0 Å². The van der Waals surface area contributed by atoms with E-state index in [-0.39, 0.29) is 4.75 Å². The van der Waals surface area contributed by atoms with Gasteiger partial charge in [0.15, 0.2) is 8.07 Å². The van der Waals surface area contributed by atoms with Crippen LogP contribution in [0.4, 0.5) is 0 Å². The molecule has 0 N–H and O–H groups in total. The fourth-order valence-electron chi connectivity index (χ4n) is 9.44. The molecular weight excluding hydrogens is 693 g/mol. The lowest BCUT2D eigenvalue weighted by Crippen LogP contribution is -2.74. The number of hydrogen-bond donors (Lipinski definition) is 0. The predicted molar refractivity (Wildman–Crippen MR) is 234 cm³/mol. The Labute approximate surface area is 321 Å². The number of allylic oxidation sites excluding steroid dienone is 2. The van der Waals surface area contributed by atoms with Crippen LogP contribution in [0.5, 0.6) is 0 Å². The van der Waals surface area contributed by atoms with Crippen LogP contribution in [-0.4, -0.2) is 12.8 Å². The molecule has 0 bridgehead atoms. The summed E-state index contributed by atoms with van der Waals surface area (Å²) in [7, 11) is -2.82. The van der Waals surface area contributed by atoms with E-state index >= 15 is 0 Å². The summed E-state index contributed by atoms with van der Waals surface area (Å²) >= 11 is 4.02. The van der Waals surface area contributed by atoms with Crippen LogP contribution in [0, 0.1) is 5.92 Å². The summed E-state index contributed by atoms with van der Waals surface area (Å²) < 4.78 is 2.88. The number of thiophene rings is 1. The number of thioether (sulfide) groups is 1. The molecule has 53 heavy (non-hydrogen) atoms. The molecule has 0 saturated carbocycles. The Hall–Kier alpha value is -4.93. The first-order chi connectivity index (χ1) is 26.0. The van der Waals surface area contributed by atoms with Crippen molar-refractivity contribution in [1.82, 2.24) is 0 Å². The van der Waals surface area contributed by atoms with E-state index in [4.69, 9.17) is 0 Å². The van der Waals surface area contributed by atoms with Gasteiger partial charge in [-0.1, -0.05) is 183 Å². The van der Waals surface area contributed by atoms with Crippen molar-refractivity contribution in [1.29, 1.82) is 0 Å². The molecule has 8 aromatic rings. The minimum atomic E-state index is -2.82. The second-order valence-corrected chi connectivity index (χ2v) is 21.5. The molecule has 1 aliphatic heterocycles. The van der Waals surface area contributed by atoms with Gasteiger partial charge in [-0.15, -0.1) is 23.1 Å². The number of fused-ring (bicyclic) bond motifs is 6. The van der Waals surface area contributed by atoms with E-state index in [0.717, 1.165) is 0 Å². The quantitative estimate of drug-likeness (QED) is 0.0932. The maximum Gasteiger partial charge on any atom is 0.179 e. The van der Waals surface area contributed by atoms with E-state index in [9.17, 15) is 0 Å². The lowest BCUT2D eigenvalue weighted by atomic mass is 9.76. The average Bonchev–Trinajstić information content (AvgIpc) is 3.73. The van der Waals surface area contributed by atoms with E-state index in [0.29, 0.717) is 11.8 Å². The minimum Gasteiger partial charge on any atom is -0.135 e. The number of hydrogen-bond acceptors (Lipinski definition) is 2. The molecule has 0 amide bonds. The van der Waals surface area contributed by atoms with Crippen molar-refractivity contribution < 1.29 is 0 Å². The highest BCUT2D eigenvalue weighted by atomic mass is 32.2. The first-order valence-electron chi connectivity index (χ1n) is 18.8. The lowest BCUT2D eigenvalue weighted by Gasteiger charge is -2.35. The molecule has 0 nitrogen and oxygen atoms in total. The van der Waals surface area contributed by atoms with Gasteiger partial charge >= 0.3 is 0 Å². The molecule has 3 atom stereocenters. The van der Waals surface area contributed by atoms with E-state index in [1.807, 2.05) is 11.3 Å². The second kappa shape index (κ2) is 12.9. The van der Waals surface area contributed by atoms with Crippen LogP contribution in [-0.2, 0) is 0 Å². The van der Waals surface area contributed by atoms with Crippen LogP contribution in [0.1, 0.15) is 31.7 Å². The standard InChI is InChI=1S/C50H40S2Si/c1-34-29-30-46-45-27-14-25-42(49(45)52-50(46,2)33-34)36-16-12-22-40(32-36)53(37-17-5-3-6-18-37,38-19-7-4-8-20-38)39-21-11-15-35(31-39)41-24-13-26-44-43-23-9-10-28-47(43)51-48(41)44/h3-32,34,46H,33H2,1-2H3. The Balaban J connectivity index is 1.20. The Bertz CT molecular complexity index is 2630. The maximum atomic E-state index is 2.55. The fourth-order valence-corrected chi connectivity index (χ4v) is 17.3. The average molecular weight is 733 g/mol. The third kappa shape index (κ3) is 5.24. The van der Waals surface area contributed by atoms with E-state index < -0.39 is 8.07 Å². The lowest BCUT2D eigenvalue weighted by molar-refractivity contribution is 0.456. The highest BCUT2D eigenvalue weighted by Crippen LogP contribution is 2.60. The Kier molecular flexibility index (Phi) is 7.95. The van der Waals surface area contributed by atoms with Crippen LogP contribution in [0.2, 0.25) is 0 Å². The van der Waals surface area contributed by atoms with Crippen LogP contribution >= 0.6 is 23.1 Å². The molecule has 256 valence electrons. The third-order valence-electron chi connectivity index (χ3n) is 11.8. The zero-order valence-electron chi connectivity index (χ0n) is 30.0. The summed E-state index contributed by atoms with van der Waals surface area (Å²) in [4.78, 5) is 1.46. The van der Waals surface area contributed by atoms with Crippen LogP contribution in [0.3, 0.4) is 0 Å². The smallest absolute Gasteiger partial charge is 0.135 e. The molecule has 10 rings (SSSR count). The van der Waals surface area contributed by atoms with Gasteiger partial charge in [0.05, 0.1) is 0 Å². The van der Waals surface area contributed by atoms with Gasteiger partial charge < -0.3 is 0 Å². The highest BCUT2D eigenvalue weighted by Gasteiger charge is 2.46. The van der Waals surface area contributed by atoms with Crippen molar-refractivity contribution in [2.75, 3.05) is 0 Å². The molecule has 3 unspecified atom stereocenters. The van der Waals surface area contributed by atoms with E-state index in [1.54, 1.807) is 0 Å². The van der Waals surface area contributed by atoms with Crippen molar-refractivity contribution >= 4 is 72.1 Å². The fraction of sp³-hybridized carbons (Fsp3) is 0.120. The van der Waals surface area contributed by atoms with Crippen LogP contribution in [0.15, 0.2) is 187 Å². The molecule has 7 aromatic carbocycles. The Morgan fingerprint density at radius 1 is 0.547 bits per heavy atom. The molecule has 0 radical (unpaired) electrons. The van der Waals surface area contributed by atoms with Gasteiger partial charge in [0.2, 0.25) is 0 Å². The van der Waals surface area contributed by atoms with Crippen molar-refractivity contribution in [3.63, 3.8) is 0 Å². The Morgan fingerprint density at radius 3 is 1.83 bits per heavy atom. The molecular formula is C50H40S2Si. The molecule has 0 fully saturated rings. The summed E-state index contributed by atoms with van der Waals surface area (Å²) in [5, 5.41) is 8.26. The maximum absolute atomic E-state index is 2.82. The first kappa shape index (κ1) is 32.7. The van der Waals surface area contributed by atoms with Gasteiger partial charge in [-0.25, -0.2) is 0 Å². The Morgan fingerprint density at radius 2 is 1.11 bits per heavy atom. The van der Waals surface area contributed by atoms with Crippen molar-refractivity contribution in [3.05, 3.63) is 188 Å². The molecule has 0 spiro atoms. The molecule has 2 heterocycles. The predicted octanol–water partition coefficient (Wildman–Crippen LogP) is 11.3. The van der Waals surface area contributed by atoms with Gasteiger partial charge in [-0.2, -0.15) is 0 Å². The second-order valence-electron chi connectivity index (χ2n) is 15.1. The number of benzene rings is 7. The van der Waals surface area contributed by atoms with Crippen LogP contribution < -0.4 is 20.7 Å². The topological polar surface area (TPSA) is 0 Å². The first-order valence-corrected chi connectivity index (χ1v) is 22.4. The van der Waals surface area contributed by atoms with Crippen molar-refractivity contribution in [2.45, 2.75) is 35.8 Å². The van der Waals surface area contributed by atoms with E-state index in [2.05, 4.69) is 208 Å². The van der Waals surface area contributed by atoms with Gasteiger partial charge in [-0.3, -0.25) is 0 Å². The summed E-state index contributed by atoms with van der Waals surface area (Å²) in [6.07, 6.45) is 6.13. The largest absolute Gasteiger partial charge is 0.179 e. The molecule has 2 aliphatic rings. The van der Waals surface area contributed by atoms with Gasteiger partial charge in [-0.05, 0) is 73.9 Å². The van der Waals surface area contributed by atoms with Crippen LogP contribution in [0.25, 0.3) is 42.4 Å². The summed E-state index contributed by atoms with van der Waals surface area (Å²) in [5.74, 6) is 1.06. The zero-order chi connectivity index (χ0) is 35.6. The monoisotopic (exact) mass is 732 g/mol. The zero-order valence-corrected chi connectivity index (χ0v) is 32.6. The summed E-state index contributed by atoms with van der Waals surface area (Å²) in [5.41, 5.74) is 6.73. The summed E-state index contributed by atoms with van der Waals surface area (Å²) in [6, 6.07) is 64.5. The number of rotatable bonds is 6. The van der Waals surface area contributed by atoms with Crippen molar-refractivity contribution in [3.8, 4) is 22.3 Å². The van der Waals surface area contributed by atoms with E-state index in [1.165, 1.54) is 80.1 Å². The highest BCUT2D eigenvalue weighted by molar-refractivity contribution is 8.01.